The van der Waals surface area contributed by atoms with Gasteiger partial charge in [-0.1, -0.05) is 25.5 Å². The van der Waals surface area contributed by atoms with E-state index in [-0.39, 0.29) is 18.5 Å². The molecule has 3 rings (SSSR count). The summed E-state index contributed by atoms with van der Waals surface area (Å²) in [4.78, 5) is 27.9. The van der Waals surface area contributed by atoms with Gasteiger partial charge in [-0.25, -0.2) is 13.2 Å². The monoisotopic (exact) mass is 560 g/mol. The van der Waals surface area contributed by atoms with Crippen LogP contribution in [0.3, 0.4) is 0 Å². The van der Waals surface area contributed by atoms with Crippen molar-refractivity contribution in [2.75, 3.05) is 37.2 Å². The van der Waals surface area contributed by atoms with Gasteiger partial charge in [0.15, 0.2) is 0 Å². The molecule has 1 aliphatic heterocycles. The van der Waals surface area contributed by atoms with E-state index < -0.39 is 16.0 Å². The average molecular weight is 561 g/mol. The fourth-order valence-electron chi connectivity index (χ4n) is 4.57. The van der Waals surface area contributed by atoms with E-state index in [0.717, 1.165) is 51.6 Å². The smallest absolute Gasteiger partial charge is 0.317 e. The number of amides is 2. The van der Waals surface area contributed by atoms with Crippen molar-refractivity contribution in [1.82, 2.24) is 15.1 Å². The first-order valence-electron chi connectivity index (χ1n) is 13.5. The minimum atomic E-state index is -3.32. The summed E-state index contributed by atoms with van der Waals surface area (Å²) in [7, 11) is -3.32. The minimum Gasteiger partial charge on any atom is -0.481 e. The Hall–Kier alpha value is -3.31. The second-order valence-electron chi connectivity index (χ2n) is 9.93. The van der Waals surface area contributed by atoms with Crippen LogP contribution in [0.1, 0.15) is 51.0 Å². The van der Waals surface area contributed by atoms with Gasteiger partial charge in [-0.15, -0.1) is 0 Å². The zero-order chi connectivity index (χ0) is 28.3. The van der Waals surface area contributed by atoms with Crippen molar-refractivity contribution in [2.45, 2.75) is 58.0 Å². The summed E-state index contributed by atoms with van der Waals surface area (Å²) >= 11 is 0. The molecule has 0 bridgehead atoms. The fraction of sp³-hybridized carbons (Fsp3) is 0.500. The number of benzene rings is 2. The van der Waals surface area contributed by atoms with Gasteiger partial charge in [-0.05, 0) is 67.6 Å². The van der Waals surface area contributed by atoms with Gasteiger partial charge in [0.25, 0.3) is 0 Å². The van der Waals surface area contributed by atoms with Crippen molar-refractivity contribution in [3.8, 4) is 11.5 Å². The lowest BCUT2D eigenvalue weighted by atomic mass is 10.0. The Kier molecular flexibility index (Phi) is 11.4. The molecule has 0 unspecified atom stereocenters. The summed E-state index contributed by atoms with van der Waals surface area (Å²) in [6.45, 7) is 5.80. The Balaban J connectivity index is 1.46. The van der Waals surface area contributed by atoms with Gasteiger partial charge in [0, 0.05) is 50.9 Å². The highest BCUT2D eigenvalue weighted by Crippen LogP contribution is 2.25. The number of nitrogens with one attached hydrogen (secondary N) is 2. The number of sulfonamides is 1. The number of anilines is 1. The normalized spacial score (nSPS) is 14.5. The van der Waals surface area contributed by atoms with Gasteiger partial charge in [0.05, 0.1) is 6.26 Å². The van der Waals surface area contributed by atoms with Crippen LogP contribution in [0.2, 0.25) is 0 Å². The van der Waals surface area contributed by atoms with E-state index in [9.17, 15) is 18.0 Å². The van der Waals surface area contributed by atoms with E-state index in [0.29, 0.717) is 36.7 Å². The van der Waals surface area contributed by atoms with Crippen molar-refractivity contribution in [2.24, 2.45) is 0 Å². The molecular formula is C28H40N4O6S. The maximum atomic E-state index is 12.8. The number of likely N-dealkylation sites (tertiary alicyclic amines) is 1. The second kappa shape index (κ2) is 14.7. The van der Waals surface area contributed by atoms with Gasteiger partial charge in [-0.2, -0.15) is 0 Å². The molecule has 1 saturated heterocycles. The Morgan fingerprint density at radius 1 is 1.03 bits per heavy atom. The predicted molar refractivity (Wildman–Crippen MR) is 152 cm³/mol. The number of urea groups is 1. The number of hydrogen-bond acceptors (Lipinski definition) is 6. The quantitative estimate of drug-likeness (QED) is 0.290. The lowest BCUT2D eigenvalue weighted by Gasteiger charge is -2.38. The van der Waals surface area contributed by atoms with Crippen molar-refractivity contribution < 1.29 is 27.9 Å². The van der Waals surface area contributed by atoms with Crippen LogP contribution in [0.5, 0.6) is 11.5 Å². The molecule has 0 atom stereocenters. The first kappa shape index (κ1) is 30.2. The van der Waals surface area contributed by atoms with E-state index in [1.807, 2.05) is 29.2 Å². The topological polar surface area (TPSA) is 128 Å². The number of carboxylic acid groups (broad SMARTS) is 1. The second-order valence-corrected chi connectivity index (χ2v) is 11.7. The van der Waals surface area contributed by atoms with Crippen LogP contribution in [0, 0.1) is 0 Å². The number of unbranched alkanes of at least 4 members (excludes halogenated alkanes) is 1. The Labute approximate surface area is 231 Å². The van der Waals surface area contributed by atoms with Gasteiger partial charge < -0.3 is 20.1 Å². The maximum Gasteiger partial charge on any atom is 0.317 e. The van der Waals surface area contributed by atoms with Crippen LogP contribution in [0.4, 0.5) is 10.5 Å². The molecule has 0 saturated carbocycles. The molecule has 0 radical (unpaired) electrons. The van der Waals surface area contributed by atoms with Crippen molar-refractivity contribution in [3.05, 3.63) is 54.1 Å². The molecule has 1 aliphatic rings. The highest BCUT2D eigenvalue weighted by Gasteiger charge is 2.27. The minimum absolute atomic E-state index is 0.0544. The number of aliphatic carboxylic acids is 1. The average Bonchev–Trinajstić information content (AvgIpc) is 2.89. The molecule has 11 heteroatoms. The van der Waals surface area contributed by atoms with Gasteiger partial charge in [0.2, 0.25) is 10.0 Å². The molecule has 2 aromatic carbocycles. The van der Waals surface area contributed by atoms with Crippen LogP contribution < -0.4 is 14.8 Å². The Morgan fingerprint density at radius 2 is 1.64 bits per heavy atom. The molecule has 10 nitrogen and oxygen atoms in total. The molecule has 1 fully saturated rings. The summed E-state index contributed by atoms with van der Waals surface area (Å²) < 4.78 is 31.0. The molecule has 2 aromatic rings. The molecule has 1 heterocycles. The first-order chi connectivity index (χ1) is 18.6. The highest BCUT2D eigenvalue weighted by molar-refractivity contribution is 7.92. The number of hydrogen-bond donors (Lipinski definition) is 3. The zero-order valence-electron chi connectivity index (χ0n) is 22.8. The lowest BCUT2D eigenvalue weighted by Crippen LogP contribution is -2.51. The third-order valence-electron chi connectivity index (χ3n) is 6.58. The third kappa shape index (κ3) is 10.8. The van der Waals surface area contributed by atoms with Gasteiger partial charge in [-0.3, -0.25) is 14.4 Å². The van der Waals surface area contributed by atoms with Crippen LogP contribution in [0.25, 0.3) is 0 Å². The first-order valence-corrected chi connectivity index (χ1v) is 15.4. The Bertz CT molecular complexity index is 1160. The summed E-state index contributed by atoms with van der Waals surface area (Å²) in [6.07, 6.45) is 5.34. The summed E-state index contributed by atoms with van der Waals surface area (Å²) in [5.41, 5.74) is 1.65. The summed E-state index contributed by atoms with van der Waals surface area (Å²) in [5.74, 6) is 0.460. The van der Waals surface area contributed by atoms with Crippen molar-refractivity contribution in [3.63, 3.8) is 0 Å². The van der Waals surface area contributed by atoms with Crippen LogP contribution in [-0.4, -0.2) is 73.8 Å². The van der Waals surface area contributed by atoms with Crippen LogP contribution in [-0.2, 0) is 21.4 Å². The van der Waals surface area contributed by atoms with Crippen molar-refractivity contribution in [1.29, 1.82) is 0 Å². The molecule has 0 aliphatic carbocycles. The number of carbonyl (C=O) groups is 2. The molecule has 3 N–H and O–H groups in total. The molecule has 0 spiro atoms. The van der Waals surface area contributed by atoms with E-state index >= 15 is 0 Å². The van der Waals surface area contributed by atoms with E-state index in [1.54, 1.807) is 24.3 Å². The molecular weight excluding hydrogens is 520 g/mol. The summed E-state index contributed by atoms with van der Waals surface area (Å²) in [5, 5.41) is 11.7. The Morgan fingerprint density at radius 3 is 2.21 bits per heavy atom. The number of rotatable bonds is 14. The number of carbonyl (C=O) groups excluding carboxylic acids is 1. The fourth-order valence-corrected chi connectivity index (χ4v) is 5.13. The van der Waals surface area contributed by atoms with E-state index in [2.05, 4.69) is 21.9 Å². The molecule has 2 amide bonds. The van der Waals surface area contributed by atoms with Gasteiger partial charge >= 0.3 is 12.0 Å². The zero-order valence-corrected chi connectivity index (χ0v) is 23.6. The molecule has 0 aromatic heterocycles. The standard InChI is InChI=1S/C28H40N4O6S/c1-3-4-18-32(28(35)29-17-5-6-27(33)34)24-15-19-31(20-16-24)21-22-7-11-25(12-8-22)38-26-13-9-23(10-14-26)30-39(2,36)37/h7-14,24,30H,3-6,15-21H2,1-2H3,(H,29,35)(H,33,34). The number of nitrogens with zero attached hydrogens (tertiary/aromatic N) is 2. The predicted octanol–water partition coefficient (Wildman–Crippen LogP) is 4.49. The largest absolute Gasteiger partial charge is 0.481 e. The van der Waals surface area contributed by atoms with Crippen LogP contribution >= 0.6 is 0 Å². The molecule has 214 valence electrons. The maximum absolute atomic E-state index is 12.8. The number of ether oxygens (including phenoxy) is 1. The van der Waals surface area contributed by atoms with E-state index in [1.165, 1.54) is 5.56 Å². The third-order valence-corrected chi connectivity index (χ3v) is 7.18. The lowest BCUT2D eigenvalue weighted by molar-refractivity contribution is -0.137. The van der Waals surface area contributed by atoms with Crippen molar-refractivity contribution >= 4 is 27.7 Å². The highest BCUT2D eigenvalue weighted by atomic mass is 32.2. The number of carboxylic acids is 1. The van der Waals surface area contributed by atoms with Crippen LogP contribution in [0.15, 0.2) is 48.5 Å². The van der Waals surface area contributed by atoms with Gasteiger partial charge in [0.1, 0.15) is 11.5 Å². The molecule has 39 heavy (non-hydrogen) atoms. The number of piperidine rings is 1. The summed E-state index contributed by atoms with van der Waals surface area (Å²) in [6, 6.07) is 14.8. The van der Waals surface area contributed by atoms with E-state index in [4.69, 9.17) is 9.84 Å². The SMILES string of the molecule is CCCCN(C(=O)NCCCC(=O)O)C1CCN(Cc2ccc(Oc3ccc(NS(C)(=O)=O)cc3)cc2)CC1.